The van der Waals surface area contributed by atoms with Gasteiger partial charge in [-0.2, -0.15) is 5.26 Å². The van der Waals surface area contributed by atoms with Crippen LogP contribution >= 0.6 is 11.6 Å². The van der Waals surface area contributed by atoms with Crippen LogP contribution in [0.25, 0.3) is 0 Å². The fourth-order valence-corrected chi connectivity index (χ4v) is 1.78. The number of rotatable bonds is 3. The Morgan fingerprint density at radius 1 is 1.00 bits per heavy atom. The quantitative estimate of drug-likeness (QED) is 0.850. The summed E-state index contributed by atoms with van der Waals surface area (Å²) in [6.45, 7) is 0. The van der Waals surface area contributed by atoms with Gasteiger partial charge in [-0.3, -0.25) is 0 Å². The standard InChI is InChI=1S/C14H8ClF3N2/c15-8-1-3-9(4-2-8)20-14(7-19)10-5-12(17)13(18)6-11(10)16/h1-6,14,20H. The SMILES string of the molecule is N#CC(Nc1ccc(Cl)cc1)c1cc(F)c(F)cc1F. The molecule has 20 heavy (non-hydrogen) atoms. The number of hydrogen-bond acceptors (Lipinski definition) is 2. The molecule has 2 aromatic carbocycles. The van der Waals surface area contributed by atoms with Gasteiger partial charge in [0, 0.05) is 22.3 Å². The van der Waals surface area contributed by atoms with Crippen LogP contribution in [-0.4, -0.2) is 0 Å². The van der Waals surface area contributed by atoms with Crippen molar-refractivity contribution in [3.05, 3.63) is 64.4 Å². The third kappa shape index (κ3) is 3.03. The molecule has 6 heteroatoms. The van der Waals surface area contributed by atoms with Crippen molar-refractivity contribution < 1.29 is 13.2 Å². The van der Waals surface area contributed by atoms with Crippen LogP contribution in [0, 0.1) is 28.8 Å². The third-order valence-electron chi connectivity index (χ3n) is 2.63. The van der Waals surface area contributed by atoms with E-state index < -0.39 is 23.5 Å². The second-order valence-corrected chi connectivity index (χ2v) is 4.44. The van der Waals surface area contributed by atoms with Gasteiger partial charge < -0.3 is 5.32 Å². The molecule has 1 unspecified atom stereocenters. The summed E-state index contributed by atoms with van der Waals surface area (Å²) in [5.41, 5.74) is 0.242. The highest BCUT2D eigenvalue weighted by atomic mass is 35.5. The van der Waals surface area contributed by atoms with E-state index in [9.17, 15) is 13.2 Å². The summed E-state index contributed by atoms with van der Waals surface area (Å²) >= 11 is 5.72. The lowest BCUT2D eigenvalue weighted by atomic mass is 10.1. The average molecular weight is 297 g/mol. The summed E-state index contributed by atoms with van der Waals surface area (Å²) in [4.78, 5) is 0. The average Bonchev–Trinajstić information content (AvgIpc) is 2.43. The van der Waals surface area contributed by atoms with Gasteiger partial charge in [-0.25, -0.2) is 13.2 Å². The van der Waals surface area contributed by atoms with Crippen molar-refractivity contribution in [2.45, 2.75) is 6.04 Å². The normalized spacial score (nSPS) is 11.8. The van der Waals surface area contributed by atoms with Crippen LogP contribution in [0.1, 0.15) is 11.6 Å². The molecule has 0 aliphatic carbocycles. The lowest BCUT2D eigenvalue weighted by Crippen LogP contribution is -2.11. The zero-order valence-electron chi connectivity index (χ0n) is 10.0. The maximum absolute atomic E-state index is 13.6. The van der Waals surface area contributed by atoms with Crippen molar-refractivity contribution in [3.8, 4) is 6.07 Å². The molecule has 1 atom stereocenters. The van der Waals surface area contributed by atoms with E-state index in [-0.39, 0.29) is 5.56 Å². The first kappa shape index (κ1) is 14.2. The van der Waals surface area contributed by atoms with Gasteiger partial charge in [-0.1, -0.05) is 11.6 Å². The maximum Gasteiger partial charge on any atom is 0.161 e. The molecule has 0 spiro atoms. The van der Waals surface area contributed by atoms with Crippen LogP contribution in [0.3, 0.4) is 0 Å². The van der Waals surface area contributed by atoms with Gasteiger partial charge >= 0.3 is 0 Å². The van der Waals surface area contributed by atoms with Crippen molar-refractivity contribution in [1.29, 1.82) is 5.26 Å². The van der Waals surface area contributed by atoms with Gasteiger partial charge in [0.25, 0.3) is 0 Å². The van der Waals surface area contributed by atoms with E-state index in [1.165, 1.54) is 0 Å². The minimum atomic E-state index is -1.30. The summed E-state index contributed by atoms with van der Waals surface area (Å²) in [6, 6.07) is 8.07. The van der Waals surface area contributed by atoms with Crippen LogP contribution in [0.5, 0.6) is 0 Å². The van der Waals surface area contributed by atoms with Gasteiger partial charge in [-0.05, 0) is 30.3 Å². The van der Waals surface area contributed by atoms with Crippen LogP contribution in [0.15, 0.2) is 36.4 Å². The summed E-state index contributed by atoms with van der Waals surface area (Å²) in [6.07, 6.45) is 0. The van der Waals surface area contributed by atoms with E-state index in [1.54, 1.807) is 30.3 Å². The summed E-state index contributed by atoms with van der Waals surface area (Å²) < 4.78 is 39.6. The molecule has 1 N–H and O–H groups in total. The Morgan fingerprint density at radius 3 is 2.20 bits per heavy atom. The molecule has 2 rings (SSSR count). The van der Waals surface area contributed by atoms with Crippen molar-refractivity contribution in [3.63, 3.8) is 0 Å². The van der Waals surface area contributed by atoms with E-state index in [0.29, 0.717) is 22.8 Å². The van der Waals surface area contributed by atoms with E-state index in [1.807, 2.05) is 0 Å². The Bertz CT molecular complexity index is 665. The predicted molar refractivity (Wildman–Crippen MR) is 69.7 cm³/mol. The number of nitrogens with zero attached hydrogens (tertiary/aromatic N) is 1. The molecule has 0 aromatic heterocycles. The molecule has 0 saturated heterocycles. The summed E-state index contributed by atoms with van der Waals surface area (Å²) in [5, 5.41) is 12.3. The highest BCUT2D eigenvalue weighted by molar-refractivity contribution is 6.30. The zero-order valence-corrected chi connectivity index (χ0v) is 10.8. The van der Waals surface area contributed by atoms with Crippen LogP contribution in [-0.2, 0) is 0 Å². The largest absolute Gasteiger partial charge is 0.366 e. The topological polar surface area (TPSA) is 35.8 Å². The summed E-state index contributed by atoms with van der Waals surface area (Å²) in [7, 11) is 0. The van der Waals surface area contributed by atoms with Gasteiger partial charge in [0.1, 0.15) is 11.9 Å². The fraction of sp³-hybridized carbons (Fsp3) is 0.0714. The molecule has 0 amide bonds. The van der Waals surface area contributed by atoms with Crippen molar-refractivity contribution >= 4 is 17.3 Å². The molecule has 0 bridgehead atoms. The third-order valence-corrected chi connectivity index (χ3v) is 2.89. The van der Waals surface area contributed by atoms with E-state index >= 15 is 0 Å². The van der Waals surface area contributed by atoms with Gasteiger partial charge in [0.2, 0.25) is 0 Å². The second-order valence-electron chi connectivity index (χ2n) is 4.00. The van der Waals surface area contributed by atoms with E-state index in [0.717, 1.165) is 0 Å². The molecule has 0 aliphatic heterocycles. The molecule has 0 saturated carbocycles. The van der Waals surface area contributed by atoms with E-state index in [4.69, 9.17) is 16.9 Å². The minimum Gasteiger partial charge on any atom is -0.366 e. The van der Waals surface area contributed by atoms with Gasteiger partial charge in [0.05, 0.1) is 6.07 Å². The molecule has 2 nitrogen and oxygen atoms in total. The molecule has 0 heterocycles. The number of nitriles is 1. The molecular weight excluding hydrogens is 289 g/mol. The minimum absolute atomic E-state index is 0.263. The van der Waals surface area contributed by atoms with Crippen LogP contribution < -0.4 is 5.32 Å². The zero-order chi connectivity index (χ0) is 14.7. The maximum atomic E-state index is 13.6. The highest BCUT2D eigenvalue weighted by Gasteiger charge is 2.18. The molecule has 0 aliphatic rings. The number of benzene rings is 2. The lowest BCUT2D eigenvalue weighted by Gasteiger charge is -2.14. The molecule has 0 radical (unpaired) electrons. The van der Waals surface area contributed by atoms with Crippen LogP contribution in [0.2, 0.25) is 5.02 Å². The van der Waals surface area contributed by atoms with Gasteiger partial charge in [-0.15, -0.1) is 0 Å². The molecule has 2 aromatic rings. The molecule has 0 fully saturated rings. The monoisotopic (exact) mass is 296 g/mol. The highest BCUT2D eigenvalue weighted by Crippen LogP contribution is 2.24. The van der Waals surface area contributed by atoms with E-state index in [2.05, 4.69) is 5.32 Å². The lowest BCUT2D eigenvalue weighted by molar-refractivity contribution is 0.489. The first-order valence-electron chi connectivity index (χ1n) is 5.57. The van der Waals surface area contributed by atoms with Crippen LogP contribution in [0.4, 0.5) is 18.9 Å². The Hall–Kier alpha value is -2.19. The predicted octanol–water partition coefficient (Wildman–Crippen LogP) is 4.43. The Kier molecular flexibility index (Phi) is 4.16. The Balaban J connectivity index is 2.31. The first-order chi connectivity index (χ1) is 9.51. The molecule has 102 valence electrons. The Labute approximate surface area is 118 Å². The van der Waals surface area contributed by atoms with Gasteiger partial charge in [0.15, 0.2) is 11.6 Å². The van der Waals surface area contributed by atoms with Crippen molar-refractivity contribution in [2.75, 3.05) is 5.32 Å². The number of hydrogen-bond donors (Lipinski definition) is 1. The first-order valence-corrected chi connectivity index (χ1v) is 5.95. The van der Waals surface area contributed by atoms with Crippen molar-refractivity contribution in [2.24, 2.45) is 0 Å². The fourth-order valence-electron chi connectivity index (χ4n) is 1.65. The second kappa shape index (κ2) is 5.85. The Morgan fingerprint density at radius 2 is 1.60 bits per heavy atom. The number of nitrogens with one attached hydrogen (secondary N) is 1. The molecular formula is C14H8ClF3N2. The number of anilines is 1. The summed E-state index contributed by atoms with van der Waals surface area (Å²) in [5.74, 6) is -3.49. The number of halogens is 4. The van der Waals surface area contributed by atoms with Crippen molar-refractivity contribution in [1.82, 2.24) is 0 Å². The smallest absolute Gasteiger partial charge is 0.161 e.